The van der Waals surface area contributed by atoms with Crippen molar-refractivity contribution in [3.8, 4) is 22.1 Å². The van der Waals surface area contributed by atoms with Crippen LogP contribution in [-0.4, -0.2) is 69.5 Å². The second-order valence-electron chi connectivity index (χ2n) is 11.3. The highest BCUT2D eigenvalue weighted by Crippen LogP contribution is 2.39. The number of ether oxygens (including phenoxy) is 1. The first-order valence-corrected chi connectivity index (χ1v) is 15.2. The number of aliphatic hydroxyl groups is 1. The van der Waals surface area contributed by atoms with Crippen molar-refractivity contribution in [2.24, 2.45) is 5.92 Å². The van der Waals surface area contributed by atoms with E-state index < -0.39 is 5.82 Å². The standard InChI is InChI=1S/C32H35FN4O3S/c1-21-19-36(10-11-37(21)12-13-38)20-24-4-6-27(35-18-24)31-17-28-32(41-31)30(8-9-34-28)40-29-7-5-23(16-26(29)33)15-25(39)14-22-2-3-22/h4-9,16-18,21-22,38H,2-3,10-15,19-20H2,1H3/t21-/m1/s1. The number of pyridine rings is 2. The average Bonchev–Trinajstić information content (AvgIpc) is 3.65. The molecule has 9 heteroatoms. The molecule has 0 unspecified atom stereocenters. The number of nitrogens with zero attached hydrogens (tertiary/aromatic N) is 4. The number of aromatic nitrogens is 2. The Morgan fingerprint density at radius 2 is 1.95 bits per heavy atom. The molecule has 7 nitrogen and oxygen atoms in total. The van der Waals surface area contributed by atoms with E-state index in [2.05, 4.69) is 27.8 Å². The number of Topliss-reactive ketones (excluding diaryl/α,β-unsaturated/α-hetero) is 1. The fraction of sp³-hybridized carbons (Fsp3) is 0.406. The normalized spacial score (nSPS) is 18.2. The van der Waals surface area contributed by atoms with Gasteiger partial charge in [0.2, 0.25) is 0 Å². The third kappa shape index (κ3) is 6.81. The summed E-state index contributed by atoms with van der Waals surface area (Å²) in [5, 5.41) is 9.25. The van der Waals surface area contributed by atoms with Crippen molar-refractivity contribution in [1.29, 1.82) is 0 Å². The van der Waals surface area contributed by atoms with Crippen molar-refractivity contribution in [3.63, 3.8) is 0 Å². The number of aliphatic hydroxyl groups excluding tert-OH is 1. The number of ketones is 1. The first kappa shape index (κ1) is 27.9. The van der Waals surface area contributed by atoms with Gasteiger partial charge in [-0.25, -0.2) is 4.39 Å². The van der Waals surface area contributed by atoms with Gasteiger partial charge < -0.3 is 9.84 Å². The molecule has 2 aliphatic rings. The molecule has 0 bridgehead atoms. The number of halogens is 1. The molecule has 1 aromatic carbocycles. The van der Waals surface area contributed by atoms with Gasteiger partial charge in [0.25, 0.3) is 0 Å². The summed E-state index contributed by atoms with van der Waals surface area (Å²) in [5.41, 5.74) is 3.46. The number of rotatable bonds is 11. The number of hydrogen-bond acceptors (Lipinski definition) is 8. The Bertz CT molecular complexity index is 1520. The molecule has 2 fully saturated rings. The molecule has 1 aliphatic carbocycles. The molecule has 41 heavy (non-hydrogen) atoms. The van der Waals surface area contributed by atoms with Gasteiger partial charge in [-0.15, -0.1) is 11.3 Å². The molecule has 0 radical (unpaired) electrons. The number of carbonyl (C=O) groups excluding carboxylic acids is 1. The Morgan fingerprint density at radius 3 is 2.68 bits per heavy atom. The summed E-state index contributed by atoms with van der Waals surface area (Å²) in [5.74, 6) is 0.871. The maximum atomic E-state index is 14.9. The van der Waals surface area contributed by atoms with Crippen LogP contribution in [0.4, 0.5) is 4.39 Å². The molecule has 4 heterocycles. The van der Waals surface area contributed by atoms with Crippen molar-refractivity contribution >= 4 is 27.3 Å². The van der Waals surface area contributed by atoms with Crippen molar-refractivity contribution in [2.75, 3.05) is 32.8 Å². The van der Waals surface area contributed by atoms with Crippen LogP contribution in [0.15, 0.2) is 54.9 Å². The third-order valence-electron chi connectivity index (χ3n) is 7.93. The fourth-order valence-corrected chi connectivity index (χ4v) is 6.56. The molecule has 214 valence electrons. The quantitative estimate of drug-likeness (QED) is 0.246. The Kier molecular flexibility index (Phi) is 8.39. The highest BCUT2D eigenvalue weighted by Gasteiger charge is 2.25. The Hall–Kier alpha value is -3.24. The molecule has 3 aromatic heterocycles. The number of piperazine rings is 1. The monoisotopic (exact) mass is 574 g/mol. The molecule has 1 N–H and O–H groups in total. The first-order valence-electron chi connectivity index (χ1n) is 14.3. The molecule has 1 saturated heterocycles. The van der Waals surface area contributed by atoms with Crippen molar-refractivity contribution in [3.05, 3.63) is 71.8 Å². The number of thiophene rings is 1. The van der Waals surface area contributed by atoms with Crippen LogP contribution in [0.5, 0.6) is 11.5 Å². The van der Waals surface area contributed by atoms with Crippen LogP contribution in [0.1, 0.15) is 37.3 Å². The Balaban J connectivity index is 1.12. The van der Waals surface area contributed by atoms with Gasteiger partial charge in [0.1, 0.15) is 11.5 Å². The van der Waals surface area contributed by atoms with Crippen molar-refractivity contribution < 1.29 is 19.0 Å². The summed E-state index contributed by atoms with van der Waals surface area (Å²) in [6, 6.07) is 13.1. The first-order chi connectivity index (χ1) is 19.9. The Morgan fingerprint density at radius 1 is 1.10 bits per heavy atom. The Labute approximate surface area is 243 Å². The lowest BCUT2D eigenvalue weighted by Crippen LogP contribution is -2.52. The molecule has 0 amide bonds. The summed E-state index contributed by atoms with van der Waals surface area (Å²) < 4.78 is 21.8. The van der Waals surface area contributed by atoms with E-state index in [0.717, 1.165) is 71.9 Å². The lowest BCUT2D eigenvalue weighted by Gasteiger charge is -2.39. The number of fused-ring (bicyclic) bond motifs is 1. The predicted molar refractivity (Wildman–Crippen MR) is 159 cm³/mol. The molecular formula is C32H35FN4O3S. The second-order valence-corrected chi connectivity index (χ2v) is 12.3. The average molecular weight is 575 g/mol. The van der Waals surface area contributed by atoms with E-state index in [9.17, 15) is 14.3 Å². The molecule has 1 aliphatic heterocycles. The van der Waals surface area contributed by atoms with Crippen LogP contribution in [-0.2, 0) is 17.8 Å². The highest BCUT2D eigenvalue weighted by molar-refractivity contribution is 7.22. The van der Waals surface area contributed by atoms with Gasteiger partial charge in [0, 0.05) is 70.1 Å². The van der Waals surface area contributed by atoms with Gasteiger partial charge in [0.15, 0.2) is 11.6 Å². The summed E-state index contributed by atoms with van der Waals surface area (Å²) >= 11 is 1.52. The van der Waals surface area contributed by atoms with Crippen molar-refractivity contribution in [1.82, 2.24) is 19.8 Å². The molecule has 1 atom stereocenters. The van der Waals surface area contributed by atoms with Crippen LogP contribution < -0.4 is 4.74 Å². The number of hydrogen-bond donors (Lipinski definition) is 1. The van der Waals surface area contributed by atoms with E-state index >= 15 is 0 Å². The topological polar surface area (TPSA) is 78.8 Å². The van der Waals surface area contributed by atoms with E-state index in [1.165, 1.54) is 17.4 Å². The molecular weight excluding hydrogens is 539 g/mol. The molecule has 0 spiro atoms. The number of benzene rings is 1. The van der Waals surface area contributed by atoms with Gasteiger partial charge >= 0.3 is 0 Å². The van der Waals surface area contributed by atoms with Gasteiger partial charge in [-0.3, -0.25) is 24.6 Å². The zero-order valence-electron chi connectivity index (χ0n) is 23.3. The van der Waals surface area contributed by atoms with E-state index in [-0.39, 0.29) is 24.6 Å². The van der Waals surface area contributed by atoms with E-state index in [1.807, 2.05) is 18.3 Å². The zero-order valence-corrected chi connectivity index (χ0v) is 24.1. The lowest BCUT2D eigenvalue weighted by atomic mass is 10.0. The molecule has 1 saturated carbocycles. The maximum Gasteiger partial charge on any atom is 0.166 e. The summed E-state index contributed by atoms with van der Waals surface area (Å²) in [6.45, 7) is 6.87. The number of β-amino-alcohol motifs (C(OH)–C–C–N with tert-alkyl or cyclic N) is 1. The van der Waals surface area contributed by atoms with E-state index in [4.69, 9.17) is 9.72 Å². The van der Waals surface area contributed by atoms with Gasteiger partial charge in [-0.2, -0.15) is 0 Å². The second kappa shape index (κ2) is 12.3. The van der Waals surface area contributed by atoms with Crippen LogP contribution in [0.2, 0.25) is 0 Å². The third-order valence-corrected chi connectivity index (χ3v) is 9.09. The van der Waals surface area contributed by atoms with E-state index in [1.54, 1.807) is 24.4 Å². The van der Waals surface area contributed by atoms with Crippen LogP contribution in [0, 0.1) is 11.7 Å². The number of carbonyl (C=O) groups is 1. The van der Waals surface area contributed by atoms with Crippen LogP contribution >= 0.6 is 11.3 Å². The largest absolute Gasteiger partial charge is 0.453 e. The SMILES string of the molecule is C[C@@H]1CN(Cc2ccc(-c3cc4nccc(Oc5ccc(CC(=O)CC6CC6)cc5F)c4s3)nc2)CCN1CCO. The van der Waals surface area contributed by atoms with Gasteiger partial charge in [-0.1, -0.05) is 12.1 Å². The summed E-state index contributed by atoms with van der Waals surface area (Å²) in [4.78, 5) is 27.1. The maximum absolute atomic E-state index is 14.9. The van der Waals surface area contributed by atoms with E-state index in [0.29, 0.717) is 29.7 Å². The molecule has 4 aromatic rings. The van der Waals surface area contributed by atoms with Crippen LogP contribution in [0.3, 0.4) is 0 Å². The highest BCUT2D eigenvalue weighted by atomic mass is 32.1. The molecule has 6 rings (SSSR count). The smallest absolute Gasteiger partial charge is 0.166 e. The predicted octanol–water partition coefficient (Wildman–Crippen LogP) is 5.70. The summed E-state index contributed by atoms with van der Waals surface area (Å²) in [6.07, 6.45) is 6.70. The minimum absolute atomic E-state index is 0.125. The zero-order chi connectivity index (χ0) is 28.3. The lowest BCUT2D eigenvalue weighted by molar-refractivity contribution is -0.118. The van der Waals surface area contributed by atoms with Gasteiger partial charge in [-0.05, 0) is 61.1 Å². The fourth-order valence-electron chi connectivity index (χ4n) is 5.52. The van der Waals surface area contributed by atoms with Crippen molar-refractivity contribution in [2.45, 2.75) is 45.2 Å². The minimum atomic E-state index is -0.482. The minimum Gasteiger partial charge on any atom is -0.453 e. The van der Waals surface area contributed by atoms with Crippen LogP contribution in [0.25, 0.3) is 20.8 Å². The van der Waals surface area contributed by atoms with Gasteiger partial charge in [0.05, 0.1) is 27.4 Å². The summed E-state index contributed by atoms with van der Waals surface area (Å²) in [7, 11) is 0.